The molecule has 0 aliphatic heterocycles. The topological polar surface area (TPSA) is 88.4 Å². The summed E-state index contributed by atoms with van der Waals surface area (Å²) >= 11 is 0. The normalized spacial score (nSPS) is 10.3. The number of rotatable bonds is 6. The van der Waals surface area contributed by atoms with E-state index in [9.17, 15) is 0 Å². The van der Waals surface area contributed by atoms with Crippen LogP contribution >= 0.6 is 8.17 Å². The zero-order valence-corrected chi connectivity index (χ0v) is 11.6. The van der Waals surface area contributed by atoms with E-state index in [1.807, 2.05) is 20.8 Å². The first-order chi connectivity index (χ1) is 8.51. The molecule has 0 aliphatic carbocycles. The zero-order valence-electron chi connectivity index (χ0n) is 10.7. The highest BCUT2D eigenvalue weighted by atomic mass is 31.2. The highest BCUT2D eigenvalue weighted by Crippen LogP contribution is 2.46. The van der Waals surface area contributed by atoms with Crippen molar-refractivity contribution < 1.29 is 28.7 Å². The Kier molecular flexibility index (Phi) is 8.62. The summed E-state index contributed by atoms with van der Waals surface area (Å²) in [6.07, 6.45) is 0. The maximum Gasteiger partial charge on any atom is 0.613 e. The molecule has 18 heavy (non-hydrogen) atoms. The fourth-order valence-electron chi connectivity index (χ4n) is 0.931. The largest absolute Gasteiger partial charge is 0.613 e. The summed E-state index contributed by atoms with van der Waals surface area (Å²) in [5.74, 6) is 0.697. The predicted molar refractivity (Wildman–Crippen MR) is 69.1 cm³/mol. The quantitative estimate of drug-likeness (QED) is 0.420. The zero-order chi connectivity index (χ0) is 14.0. The van der Waals surface area contributed by atoms with Gasteiger partial charge in [-0.1, -0.05) is 13.8 Å². The molecule has 0 fully saturated rings. The van der Waals surface area contributed by atoms with Crippen molar-refractivity contribution in [1.29, 1.82) is 0 Å². The molecule has 0 bridgehead atoms. The van der Waals surface area contributed by atoms with E-state index < -0.39 is 8.17 Å². The Morgan fingerprint density at radius 1 is 1.00 bits per heavy atom. The highest BCUT2D eigenvalue weighted by molar-refractivity contribution is 7.53. The molecule has 0 unspecified atom stereocenters. The third-order valence-corrected chi connectivity index (χ3v) is 2.02. The van der Waals surface area contributed by atoms with Gasteiger partial charge in [0.2, 0.25) is 0 Å². The molecule has 0 spiro atoms. The molecule has 1 aromatic rings. The van der Waals surface area contributed by atoms with Gasteiger partial charge in [-0.3, -0.25) is 4.52 Å². The van der Waals surface area contributed by atoms with Crippen LogP contribution in [0.15, 0.2) is 24.3 Å². The average molecular weight is 279 g/mol. The first kappa shape index (κ1) is 17.1. The van der Waals surface area contributed by atoms with Gasteiger partial charge in [0.1, 0.15) is 5.75 Å². The van der Waals surface area contributed by atoms with Crippen LogP contribution < -0.4 is 9.26 Å². The summed E-state index contributed by atoms with van der Waals surface area (Å²) in [7, 11) is -4.24. The molecule has 0 heterocycles. The number of ether oxygens (including phenoxy) is 2. The van der Waals surface area contributed by atoms with E-state index in [4.69, 9.17) is 24.2 Å². The van der Waals surface area contributed by atoms with E-state index in [0.29, 0.717) is 12.4 Å². The van der Waals surface area contributed by atoms with Gasteiger partial charge in [0.15, 0.2) is 12.5 Å². The summed E-state index contributed by atoms with van der Waals surface area (Å²) < 4.78 is 14.6. The molecule has 0 aliphatic rings. The Hall–Kier alpha value is -0.910. The van der Waals surface area contributed by atoms with Crippen LogP contribution in [0.25, 0.3) is 0 Å². The second kappa shape index (κ2) is 9.08. The van der Waals surface area contributed by atoms with Gasteiger partial charge in [0, 0.05) is 6.61 Å². The van der Waals surface area contributed by atoms with Gasteiger partial charge >= 0.3 is 8.17 Å². The van der Waals surface area contributed by atoms with Crippen molar-refractivity contribution in [2.75, 3.05) is 13.4 Å². The SMILES string of the molecule is CC.CCOCOc1ccc(O[P+](O)(O)O)cc1. The number of benzene rings is 1. The lowest BCUT2D eigenvalue weighted by Crippen LogP contribution is -2.02. The number of hydrogen-bond acceptors (Lipinski definition) is 6. The monoisotopic (exact) mass is 279 g/mol. The van der Waals surface area contributed by atoms with Crippen molar-refractivity contribution in [3.63, 3.8) is 0 Å². The van der Waals surface area contributed by atoms with Crippen LogP contribution in [0, 0.1) is 0 Å². The molecule has 104 valence electrons. The molecule has 1 aromatic carbocycles. The van der Waals surface area contributed by atoms with E-state index in [1.165, 1.54) is 12.1 Å². The van der Waals surface area contributed by atoms with Crippen LogP contribution in [0.2, 0.25) is 0 Å². The molecule has 6 nitrogen and oxygen atoms in total. The van der Waals surface area contributed by atoms with Gasteiger partial charge in [-0.05, 0) is 31.2 Å². The molecule has 0 radical (unpaired) electrons. The van der Waals surface area contributed by atoms with Gasteiger partial charge in [-0.25, -0.2) is 0 Å². The minimum absolute atomic E-state index is 0.143. The van der Waals surface area contributed by atoms with Crippen molar-refractivity contribution in [1.82, 2.24) is 0 Å². The van der Waals surface area contributed by atoms with Crippen molar-refractivity contribution in [3.8, 4) is 11.5 Å². The van der Waals surface area contributed by atoms with Gasteiger partial charge in [0.25, 0.3) is 0 Å². The fourth-order valence-corrected chi connectivity index (χ4v) is 1.34. The molecular weight excluding hydrogens is 259 g/mol. The van der Waals surface area contributed by atoms with E-state index in [1.54, 1.807) is 12.1 Å². The van der Waals surface area contributed by atoms with Crippen LogP contribution in [0.5, 0.6) is 11.5 Å². The maximum absolute atomic E-state index is 8.66. The molecule has 1 rings (SSSR count). The van der Waals surface area contributed by atoms with Gasteiger partial charge < -0.3 is 9.47 Å². The summed E-state index contributed by atoms with van der Waals surface area (Å²) in [6.45, 7) is 6.56. The van der Waals surface area contributed by atoms with Gasteiger partial charge in [-0.15, -0.1) is 0 Å². The van der Waals surface area contributed by atoms with Crippen molar-refractivity contribution in [2.24, 2.45) is 0 Å². The highest BCUT2D eigenvalue weighted by Gasteiger charge is 2.34. The average Bonchev–Trinajstić information content (AvgIpc) is 2.32. The minimum atomic E-state index is -4.24. The Bertz CT molecular complexity index is 308. The van der Waals surface area contributed by atoms with Gasteiger partial charge in [-0.2, -0.15) is 14.7 Å². The van der Waals surface area contributed by atoms with E-state index >= 15 is 0 Å². The second-order valence-electron chi connectivity index (χ2n) is 2.83. The second-order valence-corrected chi connectivity index (χ2v) is 4.04. The van der Waals surface area contributed by atoms with E-state index in [-0.39, 0.29) is 12.5 Å². The molecule has 0 saturated carbocycles. The van der Waals surface area contributed by atoms with E-state index in [0.717, 1.165) is 0 Å². The molecule has 7 heteroatoms. The molecule has 0 atom stereocenters. The van der Waals surface area contributed by atoms with Crippen LogP contribution in [-0.2, 0) is 4.74 Å². The molecular formula is C11H20O6P+. The summed E-state index contributed by atoms with van der Waals surface area (Å²) in [4.78, 5) is 26.0. The Morgan fingerprint density at radius 2 is 1.50 bits per heavy atom. The molecule has 0 aromatic heterocycles. The summed E-state index contributed by atoms with van der Waals surface area (Å²) in [5.41, 5.74) is 0. The Labute approximate surface area is 107 Å². The van der Waals surface area contributed by atoms with Crippen LogP contribution in [0.1, 0.15) is 20.8 Å². The van der Waals surface area contributed by atoms with Gasteiger partial charge in [0.05, 0.1) is 0 Å². The predicted octanol–water partition coefficient (Wildman–Crippen LogP) is 2.12. The number of hydrogen-bond donors (Lipinski definition) is 3. The molecule has 0 saturated heterocycles. The fraction of sp³-hybridized carbons (Fsp3) is 0.455. The lowest BCUT2D eigenvalue weighted by atomic mass is 10.3. The summed E-state index contributed by atoms with van der Waals surface area (Å²) in [6, 6.07) is 6.01. The lowest BCUT2D eigenvalue weighted by Gasteiger charge is -2.07. The standard InChI is InChI=1S/C9H14O6P.C2H6/c1-2-13-7-14-8-3-5-9(6-4-8)15-16(10,11)12;1-2/h3-6,10-12H,2,7H2,1H3;1-2H3/q+1;. The van der Waals surface area contributed by atoms with E-state index in [2.05, 4.69) is 4.52 Å². The van der Waals surface area contributed by atoms with Crippen LogP contribution in [0.3, 0.4) is 0 Å². The smallest absolute Gasteiger partial charge is 0.468 e. The lowest BCUT2D eigenvalue weighted by molar-refractivity contribution is 0.0224. The maximum atomic E-state index is 8.66. The van der Waals surface area contributed by atoms with Crippen molar-refractivity contribution in [2.45, 2.75) is 20.8 Å². The minimum Gasteiger partial charge on any atom is -0.468 e. The Balaban J connectivity index is 0.00000137. The summed E-state index contributed by atoms with van der Waals surface area (Å²) in [5, 5.41) is 0. The molecule has 0 amide bonds. The molecule has 3 N–H and O–H groups in total. The van der Waals surface area contributed by atoms with Crippen molar-refractivity contribution >= 4 is 8.17 Å². The van der Waals surface area contributed by atoms with Crippen LogP contribution in [0.4, 0.5) is 0 Å². The Morgan fingerprint density at radius 3 is 1.94 bits per heavy atom. The first-order valence-electron chi connectivity index (χ1n) is 5.59. The third kappa shape index (κ3) is 8.22. The first-order valence-corrected chi connectivity index (χ1v) is 7.15. The van der Waals surface area contributed by atoms with Crippen molar-refractivity contribution in [3.05, 3.63) is 24.3 Å². The van der Waals surface area contributed by atoms with Crippen LogP contribution in [-0.4, -0.2) is 28.1 Å². The third-order valence-electron chi connectivity index (χ3n) is 1.56.